The second kappa shape index (κ2) is 6.00. The summed E-state index contributed by atoms with van der Waals surface area (Å²) in [7, 11) is 0. The molecule has 1 rings (SSSR count). The molecule has 16 heavy (non-hydrogen) atoms. The van der Waals surface area contributed by atoms with E-state index in [-0.39, 0.29) is 17.1 Å². The molecule has 0 unspecified atom stereocenters. The first-order valence-electron chi connectivity index (χ1n) is 5.35. The average Bonchev–Trinajstić information content (AvgIpc) is 2.26. The molecule has 0 saturated heterocycles. The van der Waals surface area contributed by atoms with Crippen molar-refractivity contribution in [2.45, 2.75) is 26.2 Å². The van der Waals surface area contributed by atoms with Crippen LogP contribution in [0.15, 0.2) is 18.2 Å². The molecule has 1 aromatic rings. The highest BCUT2D eigenvalue weighted by molar-refractivity contribution is 5.91. The fourth-order valence-corrected chi connectivity index (χ4v) is 1.35. The zero-order valence-electron chi connectivity index (χ0n) is 9.27. The van der Waals surface area contributed by atoms with Crippen LogP contribution in [0, 0.1) is 0 Å². The van der Waals surface area contributed by atoms with Gasteiger partial charge in [0.1, 0.15) is 5.56 Å². The van der Waals surface area contributed by atoms with Crippen LogP contribution in [0.1, 0.15) is 36.5 Å². The maximum Gasteiger partial charge on any atom is 0.339 e. The Balaban J connectivity index is 2.66. The highest BCUT2D eigenvalue weighted by Gasteiger charge is 2.13. The number of benzene rings is 1. The van der Waals surface area contributed by atoms with Gasteiger partial charge in [-0.25, -0.2) is 4.79 Å². The fraction of sp³-hybridized carbons (Fsp3) is 0.417. The van der Waals surface area contributed by atoms with E-state index in [1.54, 1.807) is 12.1 Å². The van der Waals surface area contributed by atoms with Crippen LogP contribution in [0.2, 0.25) is 0 Å². The number of rotatable bonds is 6. The number of aromatic hydroxyl groups is 1. The van der Waals surface area contributed by atoms with Crippen molar-refractivity contribution in [3.63, 3.8) is 0 Å². The Kier molecular flexibility index (Phi) is 4.64. The van der Waals surface area contributed by atoms with Crippen molar-refractivity contribution in [3.8, 4) is 11.5 Å². The van der Waals surface area contributed by atoms with Gasteiger partial charge in [0.05, 0.1) is 6.61 Å². The van der Waals surface area contributed by atoms with Gasteiger partial charge in [-0.15, -0.1) is 0 Å². The summed E-state index contributed by atoms with van der Waals surface area (Å²) < 4.78 is 5.32. The molecule has 0 aliphatic carbocycles. The number of para-hydroxylation sites is 1. The van der Waals surface area contributed by atoms with Crippen molar-refractivity contribution in [1.29, 1.82) is 0 Å². The molecule has 0 spiro atoms. The third kappa shape index (κ3) is 3.15. The van der Waals surface area contributed by atoms with E-state index in [4.69, 9.17) is 9.84 Å². The molecule has 0 bridgehead atoms. The number of phenols is 1. The van der Waals surface area contributed by atoms with E-state index in [2.05, 4.69) is 6.92 Å². The highest BCUT2D eigenvalue weighted by atomic mass is 16.5. The molecule has 1 aromatic carbocycles. The third-order valence-electron chi connectivity index (χ3n) is 2.23. The van der Waals surface area contributed by atoms with Gasteiger partial charge in [-0.2, -0.15) is 0 Å². The standard InChI is InChI=1S/C12H16O4/c1-2-3-4-8-16-10-7-5-6-9(11(10)13)12(14)15/h5-7,13H,2-4,8H2,1H3,(H,14,15). The number of hydrogen-bond donors (Lipinski definition) is 2. The molecule has 0 aliphatic rings. The molecular formula is C12H16O4. The molecule has 0 fully saturated rings. The van der Waals surface area contributed by atoms with Crippen molar-refractivity contribution in [2.24, 2.45) is 0 Å². The first-order valence-corrected chi connectivity index (χ1v) is 5.35. The van der Waals surface area contributed by atoms with Crippen LogP contribution in [-0.2, 0) is 0 Å². The zero-order valence-corrected chi connectivity index (χ0v) is 9.27. The normalized spacial score (nSPS) is 10.1. The van der Waals surface area contributed by atoms with Crippen LogP contribution in [0.25, 0.3) is 0 Å². The summed E-state index contributed by atoms with van der Waals surface area (Å²) in [4.78, 5) is 10.7. The van der Waals surface area contributed by atoms with E-state index in [1.165, 1.54) is 6.07 Å². The number of carbonyl (C=O) groups is 1. The summed E-state index contributed by atoms with van der Waals surface area (Å²) in [5, 5.41) is 18.4. The summed E-state index contributed by atoms with van der Waals surface area (Å²) in [6, 6.07) is 4.46. The van der Waals surface area contributed by atoms with Crippen molar-refractivity contribution in [2.75, 3.05) is 6.61 Å². The van der Waals surface area contributed by atoms with Crippen molar-refractivity contribution < 1.29 is 19.7 Å². The number of ether oxygens (including phenoxy) is 1. The molecule has 2 N–H and O–H groups in total. The van der Waals surface area contributed by atoms with Crippen molar-refractivity contribution in [1.82, 2.24) is 0 Å². The topological polar surface area (TPSA) is 66.8 Å². The molecule has 0 aliphatic heterocycles. The maximum atomic E-state index is 10.7. The minimum absolute atomic E-state index is 0.131. The molecule has 0 aromatic heterocycles. The molecule has 0 heterocycles. The lowest BCUT2D eigenvalue weighted by molar-refractivity contribution is 0.0693. The Morgan fingerprint density at radius 1 is 1.38 bits per heavy atom. The van der Waals surface area contributed by atoms with Gasteiger partial charge in [-0.05, 0) is 18.6 Å². The quantitative estimate of drug-likeness (QED) is 0.729. The predicted octanol–water partition coefficient (Wildman–Crippen LogP) is 2.66. The van der Waals surface area contributed by atoms with Crippen LogP contribution in [0.4, 0.5) is 0 Å². The molecule has 0 radical (unpaired) electrons. The third-order valence-corrected chi connectivity index (χ3v) is 2.23. The smallest absolute Gasteiger partial charge is 0.339 e. The summed E-state index contributed by atoms with van der Waals surface area (Å²) >= 11 is 0. The zero-order chi connectivity index (χ0) is 12.0. The molecule has 0 atom stereocenters. The molecule has 4 heteroatoms. The first kappa shape index (κ1) is 12.4. The molecule has 0 saturated carbocycles. The first-order chi connectivity index (χ1) is 7.66. The monoisotopic (exact) mass is 224 g/mol. The Hall–Kier alpha value is -1.71. The number of aromatic carboxylic acids is 1. The Labute approximate surface area is 94.5 Å². The van der Waals surface area contributed by atoms with Crippen molar-refractivity contribution >= 4 is 5.97 Å². The van der Waals surface area contributed by atoms with E-state index in [9.17, 15) is 9.90 Å². The van der Waals surface area contributed by atoms with E-state index in [0.29, 0.717) is 6.61 Å². The van der Waals surface area contributed by atoms with Gasteiger partial charge in [0.15, 0.2) is 11.5 Å². The van der Waals surface area contributed by atoms with Crippen LogP contribution in [-0.4, -0.2) is 22.8 Å². The number of carboxylic acids is 1. The van der Waals surface area contributed by atoms with E-state index in [1.807, 2.05) is 0 Å². The van der Waals surface area contributed by atoms with Gasteiger partial charge in [-0.1, -0.05) is 25.8 Å². The molecular weight excluding hydrogens is 208 g/mol. The van der Waals surface area contributed by atoms with Gasteiger partial charge in [0.2, 0.25) is 0 Å². The van der Waals surface area contributed by atoms with Gasteiger partial charge in [0, 0.05) is 0 Å². The lowest BCUT2D eigenvalue weighted by atomic mass is 10.2. The fourth-order valence-electron chi connectivity index (χ4n) is 1.35. The van der Waals surface area contributed by atoms with Gasteiger partial charge >= 0.3 is 5.97 Å². The second-order valence-corrected chi connectivity index (χ2v) is 3.51. The van der Waals surface area contributed by atoms with Crippen LogP contribution in [0.3, 0.4) is 0 Å². The van der Waals surface area contributed by atoms with Gasteiger partial charge in [-0.3, -0.25) is 0 Å². The lowest BCUT2D eigenvalue weighted by Gasteiger charge is -2.08. The Bertz CT molecular complexity index is 360. The Morgan fingerprint density at radius 2 is 2.12 bits per heavy atom. The lowest BCUT2D eigenvalue weighted by Crippen LogP contribution is -2.01. The number of hydrogen-bond acceptors (Lipinski definition) is 3. The highest BCUT2D eigenvalue weighted by Crippen LogP contribution is 2.29. The van der Waals surface area contributed by atoms with Gasteiger partial charge < -0.3 is 14.9 Å². The van der Waals surface area contributed by atoms with Crippen LogP contribution >= 0.6 is 0 Å². The van der Waals surface area contributed by atoms with Crippen LogP contribution in [0.5, 0.6) is 11.5 Å². The summed E-state index contributed by atoms with van der Waals surface area (Å²) in [6.45, 7) is 2.58. The molecule has 0 amide bonds. The molecule has 4 nitrogen and oxygen atoms in total. The largest absolute Gasteiger partial charge is 0.504 e. The van der Waals surface area contributed by atoms with Crippen molar-refractivity contribution in [3.05, 3.63) is 23.8 Å². The summed E-state index contributed by atoms with van der Waals surface area (Å²) in [6.07, 6.45) is 3.04. The van der Waals surface area contributed by atoms with E-state index < -0.39 is 5.97 Å². The minimum Gasteiger partial charge on any atom is -0.504 e. The Morgan fingerprint density at radius 3 is 2.75 bits per heavy atom. The minimum atomic E-state index is -1.16. The molecule has 88 valence electrons. The van der Waals surface area contributed by atoms with Crippen LogP contribution < -0.4 is 4.74 Å². The van der Waals surface area contributed by atoms with Gasteiger partial charge in [0.25, 0.3) is 0 Å². The predicted molar refractivity (Wildman–Crippen MR) is 60.1 cm³/mol. The summed E-state index contributed by atoms with van der Waals surface area (Å²) in [5.41, 5.74) is -0.131. The number of unbranched alkanes of at least 4 members (excludes halogenated alkanes) is 2. The summed E-state index contributed by atoms with van der Waals surface area (Å²) in [5.74, 6) is -1.22. The maximum absolute atomic E-state index is 10.7. The van der Waals surface area contributed by atoms with E-state index in [0.717, 1.165) is 19.3 Å². The average molecular weight is 224 g/mol. The number of carboxylic acid groups (broad SMARTS) is 1. The second-order valence-electron chi connectivity index (χ2n) is 3.51. The SMILES string of the molecule is CCCCCOc1cccc(C(=O)O)c1O. The van der Waals surface area contributed by atoms with E-state index >= 15 is 0 Å².